The first-order chi connectivity index (χ1) is 7.99. The summed E-state index contributed by atoms with van der Waals surface area (Å²) in [5.41, 5.74) is 1.44. The number of halogens is 1. The van der Waals surface area contributed by atoms with Crippen molar-refractivity contribution in [2.75, 3.05) is 4.90 Å². The van der Waals surface area contributed by atoms with Crippen LogP contribution in [0.4, 0.5) is 10.5 Å². The van der Waals surface area contributed by atoms with E-state index >= 15 is 0 Å². The molecule has 88 valence electrons. The van der Waals surface area contributed by atoms with Gasteiger partial charge >= 0.3 is 6.03 Å². The highest BCUT2D eigenvalue weighted by atomic mass is 79.9. The van der Waals surface area contributed by atoms with Crippen molar-refractivity contribution in [3.63, 3.8) is 0 Å². The van der Waals surface area contributed by atoms with E-state index in [-0.39, 0.29) is 6.42 Å². The maximum Gasteiger partial charge on any atom is 0.335 e. The Morgan fingerprint density at radius 1 is 1.29 bits per heavy atom. The molecule has 1 N–H and O–H groups in total. The molecule has 0 aromatic heterocycles. The molecule has 1 aliphatic rings. The van der Waals surface area contributed by atoms with Gasteiger partial charge in [0.15, 0.2) is 0 Å². The minimum absolute atomic E-state index is 0.308. The van der Waals surface area contributed by atoms with Crippen LogP contribution in [-0.2, 0) is 9.59 Å². The number of amides is 4. The van der Waals surface area contributed by atoms with Crippen molar-refractivity contribution >= 4 is 39.5 Å². The summed E-state index contributed by atoms with van der Waals surface area (Å²) in [6.07, 6.45) is -0.308. The van der Waals surface area contributed by atoms with Gasteiger partial charge in [0.05, 0.1) is 5.69 Å². The van der Waals surface area contributed by atoms with Gasteiger partial charge in [-0.1, -0.05) is 22.0 Å². The van der Waals surface area contributed by atoms with E-state index < -0.39 is 17.8 Å². The average Bonchev–Trinajstić information content (AvgIpc) is 2.21. The van der Waals surface area contributed by atoms with E-state index in [9.17, 15) is 14.4 Å². The molecule has 1 aromatic rings. The Labute approximate surface area is 106 Å². The Kier molecular flexibility index (Phi) is 2.97. The van der Waals surface area contributed by atoms with Gasteiger partial charge < -0.3 is 0 Å². The highest BCUT2D eigenvalue weighted by Crippen LogP contribution is 2.25. The summed E-state index contributed by atoms with van der Waals surface area (Å²) in [5.74, 6) is -1.09. The Balaban J connectivity index is 2.38. The molecule has 0 saturated carbocycles. The summed E-state index contributed by atoms with van der Waals surface area (Å²) in [7, 11) is 0. The van der Waals surface area contributed by atoms with Crippen molar-refractivity contribution in [3.05, 3.63) is 28.2 Å². The second-order valence-corrected chi connectivity index (χ2v) is 4.55. The van der Waals surface area contributed by atoms with Crippen molar-refractivity contribution in [2.45, 2.75) is 13.3 Å². The van der Waals surface area contributed by atoms with Crippen LogP contribution in [0.25, 0.3) is 0 Å². The van der Waals surface area contributed by atoms with Gasteiger partial charge in [0.2, 0.25) is 11.8 Å². The molecule has 0 spiro atoms. The van der Waals surface area contributed by atoms with E-state index in [1.54, 1.807) is 18.2 Å². The summed E-state index contributed by atoms with van der Waals surface area (Å²) < 4.78 is 0.799. The Morgan fingerprint density at radius 2 is 2.00 bits per heavy atom. The fourth-order valence-electron chi connectivity index (χ4n) is 1.53. The Morgan fingerprint density at radius 3 is 2.59 bits per heavy atom. The molecular formula is C11H9BrN2O3. The second kappa shape index (κ2) is 4.29. The lowest BCUT2D eigenvalue weighted by Crippen LogP contribution is -2.52. The van der Waals surface area contributed by atoms with Crippen LogP contribution >= 0.6 is 15.9 Å². The number of benzene rings is 1. The van der Waals surface area contributed by atoms with Crippen molar-refractivity contribution in [3.8, 4) is 0 Å². The largest absolute Gasteiger partial charge is 0.335 e. The summed E-state index contributed by atoms with van der Waals surface area (Å²) in [6.45, 7) is 1.90. The number of nitrogens with zero attached hydrogens (tertiary/aromatic N) is 1. The number of carbonyl (C=O) groups excluding carboxylic acids is 3. The van der Waals surface area contributed by atoms with E-state index in [1.165, 1.54) is 0 Å². The lowest BCUT2D eigenvalue weighted by atomic mass is 10.2. The molecule has 1 aromatic carbocycles. The number of anilines is 1. The molecule has 1 fully saturated rings. The zero-order chi connectivity index (χ0) is 12.6. The lowest BCUT2D eigenvalue weighted by molar-refractivity contribution is -0.128. The van der Waals surface area contributed by atoms with Crippen LogP contribution in [0.3, 0.4) is 0 Å². The van der Waals surface area contributed by atoms with Gasteiger partial charge in [0.1, 0.15) is 6.42 Å². The van der Waals surface area contributed by atoms with Crippen LogP contribution in [0.1, 0.15) is 12.0 Å². The number of imide groups is 2. The van der Waals surface area contributed by atoms with E-state index in [0.29, 0.717) is 5.69 Å². The van der Waals surface area contributed by atoms with Crippen LogP contribution in [0.15, 0.2) is 22.7 Å². The number of barbiturate groups is 1. The first-order valence-electron chi connectivity index (χ1n) is 4.92. The van der Waals surface area contributed by atoms with Gasteiger partial charge in [-0.05, 0) is 24.6 Å². The molecule has 1 saturated heterocycles. The van der Waals surface area contributed by atoms with Crippen LogP contribution in [0.2, 0.25) is 0 Å². The maximum atomic E-state index is 11.6. The highest BCUT2D eigenvalue weighted by molar-refractivity contribution is 9.10. The average molecular weight is 297 g/mol. The quantitative estimate of drug-likeness (QED) is 0.803. The van der Waals surface area contributed by atoms with E-state index in [0.717, 1.165) is 14.9 Å². The minimum Gasteiger partial charge on any atom is -0.277 e. The molecule has 4 amide bonds. The fraction of sp³-hybridized carbons (Fsp3) is 0.182. The number of carbonyl (C=O) groups is 3. The predicted octanol–water partition coefficient (Wildman–Crippen LogP) is 1.73. The van der Waals surface area contributed by atoms with Crippen molar-refractivity contribution in [1.29, 1.82) is 0 Å². The van der Waals surface area contributed by atoms with Gasteiger partial charge in [0.25, 0.3) is 0 Å². The lowest BCUT2D eigenvalue weighted by Gasteiger charge is -2.24. The molecule has 1 aliphatic heterocycles. The van der Waals surface area contributed by atoms with E-state index in [4.69, 9.17) is 0 Å². The van der Waals surface area contributed by atoms with E-state index in [2.05, 4.69) is 21.2 Å². The zero-order valence-corrected chi connectivity index (χ0v) is 10.6. The van der Waals surface area contributed by atoms with Crippen LogP contribution in [-0.4, -0.2) is 17.8 Å². The summed E-state index contributed by atoms with van der Waals surface area (Å²) >= 11 is 3.33. The number of urea groups is 1. The van der Waals surface area contributed by atoms with Gasteiger partial charge in [-0.2, -0.15) is 0 Å². The van der Waals surface area contributed by atoms with Crippen molar-refractivity contribution in [2.24, 2.45) is 0 Å². The normalized spacial score (nSPS) is 16.1. The fourth-order valence-corrected chi connectivity index (χ4v) is 1.90. The molecule has 2 rings (SSSR count). The number of hydrogen-bond donors (Lipinski definition) is 1. The minimum atomic E-state index is -0.706. The highest BCUT2D eigenvalue weighted by Gasteiger charge is 2.32. The Bertz CT molecular complexity index is 507. The topological polar surface area (TPSA) is 66.5 Å². The standard InChI is InChI=1S/C11H9BrN2O3/c1-6-2-3-7(4-8(6)12)14-10(16)5-9(15)13-11(14)17/h2-4H,5H2,1H3,(H,13,15,17). The third-order valence-corrected chi connectivity index (χ3v) is 3.28. The molecule has 0 bridgehead atoms. The maximum absolute atomic E-state index is 11.6. The zero-order valence-electron chi connectivity index (χ0n) is 8.99. The van der Waals surface area contributed by atoms with Crippen molar-refractivity contribution in [1.82, 2.24) is 5.32 Å². The third-order valence-electron chi connectivity index (χ3n) is 2.42. The van der Waals surface area contributed by atoms with Gasteiger partial charge in [-0.25, -0.2) is 9.69 Å². The van der Waals surface area contributed by atoms with Crippen LogP contribution in [0, 0.1) is 6.92 Å². The summed E-state index contributed by atoms with van der Waals surface area (Å²) in [6, 6.07) is 4.41. The molecule has 0 aliphatic carbocycles. The monoisotopic (exact) mass is 296 g/mol. The number of rotatable bonds is 1. The van der Waals surface area contributed by atoms with Gasteiger partial charge in [-0.3, -0.25) is 14.9 Å². The first-order valence-corrected chi connectivity index (χ1v) is 5.71. The van der Waals surface area contributed by atoms with E-state index in [1.807, 2.05) is 6.92 Å². The number of aryl methyl sites for hydroxylation is 1. The molecule has 0 atom stereocenters. The summed E-state index contributed by atoms with van der Waals surface area (Å²) in [5, 5.41) is 2.10. The van der Waals surface area contributed by atoms with Gasteiger partial charge in [0, 0.05) is 4.47 Å². The van der Waals surface area contributed by atoms with Crippen molar-refractivity contribution < 1.29 is 14.4 Å². The SMILES string of the molecule is Cc1ccc(N2C(=O)CC(=O)NC2=O)cc1Br. The molecule has 6 heteroatoms. The smallest absolute Gasteiger partial charge is 0.277 e. The number of nitrogens with one attached hydrogen (secondary N) is 1. The molecule has 1 heterocycles. The first kappa shape index (κ1) is 11.8. The molecular weight excluding hydrogens is 288 g/mol. The second-order valence-electron chi connectivity index (χ2n) is 3.69. The Hall–Kier alpha value is -1.69. The summed E-state index contributed by atoms with van der Waals surface area (Å²) in [4.78, 5) is 35.2. The van der Waals surface area contributed by atoms with Crippen LogP contribution in [0.5, 0.6) is 0 Å². The number of hydrogen-bond acceptors (Lipinski definition) is 3. The third kappa shape index (κ3) is 2.21. The molecule has 0 unspecified atom stereocenters. The predicted molar refractivity (Wildman–Crippen MR) is 64.5 cm³/mol. The molecule has 5 nitrogen and oxygen atoms in total. The molecule has 0 radical (unpaired) electrons. The van der Waals surface area contributed by atoms with Crippen LogP contribution < -0.4 is 10.2 Å². The molecule has 17 heavy (non-hydrogen) atoms. The van der Waals surface area contributed by atoms with Gasteiger partial charge in [-0.15, -0.1) is 0 Å².